The van der Waals surface area contributed by atoms with Crippen LogP contribution in [0.25, 0.3) is 0 Å². The maximum Gasteiger partial charge on any atom is 0.411 e. The van der Waals surface area contributed by atoms with Crippen molar-refractivity contribution in [2.24, 2.45) is 5.41 Å². The number of fused-ring (bicyclic) bond motifs is 1. The summed E-state index contributed by atoms with van der Waals surface area (Å²) in [6.45, 7) is 7.53. The van der Waals surface area contributed by atoms with Crippen LogP contribution in [0.3, 0.4) is 0 Å². The van der Waals surface area contributed by atoms with E-state index in [1.54, 1.807) is 17.0 Å². The number of ether oxygens (including phenoxy) is 1. The number of rotatable bonds is 2. The van der Waals surface area contributed by atoms with E-state index >= 15 is 0 Å². The van der Waals surface area contributed by atoms with Gasteiger partial charge in [0.1, 0.15) is 16.2 Å². The number of piperidine rings is 1. The van der Waals surface area contributed by atoms with Crippen molar-refractivity contribution in [2.45, 2.75) is 58.2 Å². The first-order valence-electron chi connectivity index (χ1n) is 8.14. The van der Waals surface area contributed by atoms with Gasteiger partial charge in [-0.3, -0.25) is 9.69 Å². The van der Waals surface area contributed by atoms with Crippen LogP contribution in [0.2, 0.25) is 5.02 Å². The quantitative estimate of drug-likeness (QED) is 0.713. The number of likely N-dealkylation sites (tertiary alicyclic amines) is 1. The Kier molecular flexibility index (Phi) is 4.52. The zero-order chi connectivity index (χ0) is 18.6. The molecule has 1 aliphatic carbocycles. The molecule has 0 spiro atoms. The molecule has 1 aliphatic heterocycles. The maximum atomic E-state index is 12.8. The normalized spacial score (nSPS) is 27.7. The molecule has 0 unspecified atom stereocenters. The van der Waals surface area contributed by atoms with Crippen LogP contribution < -0.4 is 5.32 Å². The average Bonchev–Trinajstić information content (AvgIpc) is 3.02. The van der Waals surface area contributed by atoms with Gasteiger partial charge in [0.2, 0.25) is 5.91 Å². The third kappa shape index (κ3) is 3.77. The Balaban J connectivity index is 1.78. The van der Waals surface area contributed by atoms with E-state index in [2.05, 4.69) is 33.2 Å². The number of nitrogens with one attached hydrogen (secondary N) is 1. The van der Waals surface area contributed by atoms with E-state index in [1.165, 1.54) is 0 Å². The van der Waals surface area contributed by atoms with E-state index in [1.807, 2.05) is 20.8 Å². The zero-order valence-corrected chi connectivity index (χ0v) is 16.9. The van der Waals surface area contributed by atoms with Crippen molar-refractivity contribution in [2.75, 3.05) is 5.32 Å². The highest BCUT2D eigenvalue weighted by atomic mass is 79.9. The minimum atomic E-state index is -0.610. The van der Waals surface area contributed by atoms with E-state index in [-0.39, 0.29) is 23.2 Å². The Hall–Kier alpha value is -1.34. The summed E-state index contributed by atoms with van der Waals surface area (Å²) in [5, 5.41) is 3.08. The summed E-state index contributed by atoms with van der Waals surface area (Å²) in [4.78, 5) is 31.2. The summed E-state index contributed by atoms with van der Waals surface area (Å²) < 4.78 is 6.06. The highest BCUT2D eigenvalue weighted by Gasteiger charge is 2.65. The van der Waals surface area contributed by atoms with E-state index in [9.17, 15) is 9.59 Å². The zero-order valence-electron chi connectivity index (χ0n) is 14.6. The molecular weight excluding hydrogens is 410 g/mol. The van der Waals surface area contributed by atoms with Crippen LogP contribution >= 0.6 is 27.5 Å². The minimum absolute atomic E-state index is 0.0204. The third-order valence-electron chi connectivity index (χ3n) is 4.60. The molecule has 0 aromatic carbocycles. The van der Waals surface area contributed by atoms with Crippen LogP contribution in [0.15, 0.2) is 16.7 Å². The molecule has 3 atom stereocenters. The van der Waals surface area contributed by atoms with Gasteiger partial charge < -0.3 is 10.1 Å². The van der Waals surface area contributed by atoms with E-state index in [0.717, 1.165) is 6.42 Å². The Morgan fingerprint density at radius 2 is 2.08 bits per heavy atom. The van der Waals surface area contributed by atoms with Crippen LogP contribution in [0, 0.1) is 5.41 Å². The predicted molar refractivity (Wildman–Crippen MR) is 98.6 cm³/mol. The summed E-state index contributed by atoms with van der Waals surface area (Å²) in [6.07, 6.45) is 1.05. The lowest BCUT2D eigenvalue weighted by Crippen LogP contribution is -2.47. The second-order valence-corrected chi connectivity index (χ2v) is 9.15. The molecule has 1 saturated heterocycles. The topological polar surface area (TPSA) is 71.5 Å². The number of anilines is 1. The first-order valence-corrected chi connectivity index (χ1v) is 9.31. The van der Waals surface area contributed by atoms with E-state index < -0.39 is 17.7 Å². The molecule has 1 saturated carbocycles. The first kappa shape index (κ1) is 18.5. The lowest BCUT2D eigenvalue weighted by Gasteiger charge is -2.29. The lowest BCUT2D eigenvalue weighted by atomic mass is 10.0. The molecule has 1 aromatic rings. The Morgan fingerprint density at radius 1 is 1.40 bits per heavy atom. The van der Waals surface area contributed by atoms with Crippen molar-refractivity contribution in [3.05, 3.63) is 21.8 Å². The van der Waals surface area contributed by atoms with Gasteiger partial charge in [0.25, 0.3) is 0 Å². The van der Waals surface area contributed by atoms with E-state index in [0.29, 0.717) is 16.0 Å². The van der Waals surface area contributed by atoms with Crippen LogP contribution in [0.1, 0.15) is 40.5 Å². The van der Waals surface area contributed by atoms with Gasteiger partial charge >= 0.3 is 6.09 Å². The molecule has 0 radical (unpaired) electrons. The fourth-order valence-electron chi connectivity index (χ4n) is 3.29. The number of aromatic nitrogens is 1. The van der Waals surface area contributed by atoms with Gasteiger partial charge in [0.05, 0.1) is 5.02 Å². The Bertz CT molecular complexity index is 736. The van der Waals surface area contributed by atoms with Crippen LogP contribution in [0.4, 0.5) is 10.6 Å². The fourth-order valence-corrected chi connectivity index (χ4v) is 3.75. The summed E-state index contributed by atoms with van der Waals surface area (Å²) in [5.74, 6) is -0.0253. The van der Waals surface area contributed by atoms with Crippen LogP contribution in [-0.2, 0) is 9.53 Å². The molecule has 2 heterocycles. The Labute approximate surface area is 160 Å². The van der Waals surface area contributed by atoms with Gasteiger partial charge in [-0.15, -0.1) is 0 Å². The maximum absolute atomic E-state index is 12.8. The number of halogens is 2. The number of amides is 2. The molecule has 6 nitrogen and oxygen atoms in total. The van der Waals surface area contributed by atoms with Gasteiger partial charge in [-0.05, 0) is 67.1 Å². The van der Waals surface area contributed by atoms with Gasteiger partial charge in [-0.1, -0.05) is 18.5 Å². The summed E-state index contributed by atoms with van der Waals surface area (Å²) in [6, 6.07) is 2.80. The molecular formula is C17H21BrClN3O3. The fraction of sp³-hybridized carbons (Fsp3) is 0.588. The lowest BCUT2D eigenvalue weighted by molar-refractivity contribution is -0.121. The van der Waals surface area contributed by atoms with Crippen molar-refractivity contribution in [3.8, 4) is 0 Å². The van der Waals surface area contributed by atoms with Crippen LogP contribution in [-0.4, -0.2) is 39.6 Å². The molecule has 2 fully saturated rings. The van der Waals surface area contributed by atoms with Crippen molar-refractivity contribution in [3.63, 3.8) is 0 Å². The number of carbonyl (C=O) groups is 2. The van der Waals surface area contributed by atoms with E-state index in [4.69, 9.17) is 16.3 Å². The van der Waals surface area contributed by atoms with Crippen molar-refractivity contribution < 1.29 is 14.3 Å². The minimum Gasteiger partial charge on any atom is -0.444 e. The molecule has 3 rings (SSSR count). The SMILES string of the molecule is CC(C)(C)OC(=O)N1[C@H](C(=O)Nc2nc(Br)ccc2Cl)C[C@@]2(C)C[C@@H]12. The average molecular weight is 431 g/mol. The Morgan fingerprint density at radius 3 is 2.72 bits per heavy atom. The van der Waals surface area contributed by atoms with Crippen molar-refractivity contribution in [1.82, 2.24) is 9.88 Å². The molecule has 1 N–H and O–H groups in total. The highest BCUT2D eigenvalue weighted by molar-refractivity contribution is 9.10. The standard InChI is InChI=1S/C17H21BrClN3O3/c1-16(2,3)25-15(24)22-10(7-17(4)8-11(17)22)14(23)21-13-9(19)5-6-12(18)20-13/h5-6,10-11H,7-8H2,1-4H3,(H,20,21,23)/t10-,11+,17-/m0/s1. The highest BCUT2D eigenvalue weighted by Crippen LogP contribution is 2.59. The number of carbonyl (C=O) groups excluding carboxylic acids is 2. The number of hydrogen-bond donors (Lipinski definition) is 1. The predicted octanol–water partition coefficient (Wildman–Crippen LogP) is 4.22. The molecule has 25 heavy (non-hydrogen) atoms. The van der Waals surface area contributed by atoms with Crippen LogP contribution in [0.5, 0.6) is 0 Å². The number of pyridine rings is 1. The second-order valence-electron chi connectivity index (χ2n) is 7.94. The number of hydrogen-bond acceptors (Lipinski definition) is 4. The molecule has 2 amide bonds. The van der Waals surface area contributed by atoms with Gasteiger partial charge in [-0.25, -0.2) is 9.78 Å². The van der Waals surface area contributed by atoms with Crippen molar-refractivity contribution in [1.29, 1.82) is 0 Å². The molecule has 0 bridgehead atoms. The summed E-state index contributed by atoms with van der Waals surface area (Å²) >= 11 is 9.35. The largest absolute Gasteiger partial charge is 0.444 e. The molecule has 136 valence electrons. The molecule has 2 aliphatic rings. The smallest absolute Gasteiger partial charge is 0.411 e. The number of nitrogens with zero attached hydrogens (tertiary/aromatic N) is 2. The molecule has 8 heteroatoms. The first-order chi connectivity index (χ1) is 11.5. The van der Waals surface area contributed by atoms with Gasteiger partial charge in [-0.2, -0.15) is 0 Å². The monoisotopic (exact) mass is 429 g/mol. The second kappa shape index (κ2) is 6.13. The third-order valence-corrected chi connectivity index (χ3v) is 5.34. The summed E-state index contributed by atoms with van der Waals surface area (Å²) in [5.41, 5.74) is -0.630. The van der Waals surface area contributed by atoms with Gasteiger partial charge in [0, 0.05) is 6.04 Å². The summed E-state index contributed by atoms with van der Waals surface area (Å²) in [7, 11) is 0. The van der Waals surface area contributed by atoms with Gasteiger partial charge in [0.15, 0.2) is 5.82 Å². The van der Waals surface area contributed by atoms with Crippen molar-refractivity contribution >= 4 is 45.3 Å². The molecule has 1 aromatic heterocycles.